The third-order valence-electron chi connectivity index (χ3n) is 3.75. The lowest BCUT2D eigenvalue weighted by atomic mass is 10.1. The van der Waals surface area contributed by atoms with Crippen LogP contribution >= 0.6 is 0 Å². The number of amides is 1. The zero-order valence-electron chi connectivity index (χ0n) is 13.6. The molecule has 0 saturated carbocycles. The van der Waals surface area contributed by atoms with Crippen LogP contribution in [0.3, 0.4) is 0 Å². The quantitative estimate of drug-likeness (QED) is 0.681. The van der Waals surface area contributed by atoms with Crippen LogP contribution in [0.5, 0.6) is 5.75 Å². The number of benzene rings is 1. The van der Waals surface area contributed by atoms with Gasteiger partial charge in [-0.2, -0.15) is 0 Å². The average Bonchev–Trinajstić information content (AvgIpc) is 2.95. The molecule has 0 aliphatic carbocycles. The minimum absolute atomic E-state index is 0.226. The molecule has 0 aliphatic heterocycles. The molecule has 1 amide bonds. The number of carbonyl (C=O) groups is 1. The van der Waals surface area contributed by atoms with Crippen molar-refractivity contribution in [3.05, 3.63) is 54.0 Å². The van der Waals surface area contributed by atoms with Gasteiger partial charge < -0.3 is 19.8 Å². The fraction of sp³-hybridized carbons (Fsp3) is 0.222. The fourth-order valence-corrected chi connectivity index (χ4v) is 2.48. The summed E-state index contributed by atoms with van der Waals surface area (Å²) in [6.45, 7) is 2.96. The van der Waals surface area contributed by atoms with Gasteiger partial charge in [0.15, 0.2) is 5.76 Å². The molecule has 0 unspecified atom stereocenters. The van der Waals surface area contributed by atoms with Crippen molar-refractivity contribution in [2.75, 3.05) is 25.5 Å². The second-order valence-electron chi connectivity index (χ2n) is 5.34. The van der Waals surface area contributed by atoms with Crippen molar-refractivity contribution in [2.24, 2.45) is 0 Å². The molecule has 0 radical (unpaired) electrons. The number of aryl methyl sites for hydroxylation is 1. The minimum atomic E-state index is -0.226. The molecule has 2 heterocycles. The van der Waals surface area contributed by atoms with E-state index in [0.29, 0.717) is 30.2 Å². The van der Waals surface area contributed by atoms with Crippen LogP contribution in [0.15, 0.2) is 47.1 Å². The largest absolute Gasteiger partial charge is 0.497 e. The number of nitrogens with one attached hydrogen (secondary N) is 2. The molecule has 0 fully saturated rings. The van der Waals surface area contributed by atoms with E-state index in [1.54, 1.807) is 25.6 Å². The number of fused-ring (bicyclic) bond motifs is 1. The molecular formula is C18H19N3O3. The monoisotopic (exact) mass is 325 g/mol. The summed E-state index contributed by atoms with van der Waals surface area (Å²) in [5.41, 5.74) is 2.38. The highest BCUT2D eigenvalue weighted by Crippen LogP contribution is 2.28. The first-order valence-electron chi connectivity index (χ1n) is 7.68. The highest BCUT2D eigenvalue weighted by Gasteiger charge is 2.17. The maximum Gasteiger partial charge on any atom is 0.287 e. The van der Waals surface area contributed by atoms with Crippen molar-refractivity contribution in [1.82, 2.24) is 10.3 Å². The van der Waals surface area contributed by atoms with Crippen LogP contribution in [0.25, 0.3) is 11.0 Å². The van der Waals surface area contributed by atoms with Crippen LogP contribution in [-0.2, 0) is 0 Å². The first-order valence-corrected chi connectivity index (χ1v) is 7.68. The molecule has 1 aromatic carbocycles. The molecule has 6 nitrogen and oxygen atoms in total. The lowest BCUT2D eigenvalue weighted by molar-refractivity contribution is 0.0929. The molecule has 0 saturated heterocycles. The van der Waals surface area contributed by atoms with Gasteiger partial charge in [0.25, 0.3) is 5.91 Å². The van der Waals surface area contributed by atoms with E-state index in [1.807, 2.05) is 31.2 Å². The summed E-state index contributed by atoms with van der Waals surface area (Å²) in [6.07, 6.45) is 3.45. The molecule has 6 heteroatoms. The number of nitrogens with zero attached hydrogens (tertiary/aromatic N) is 1. The molecule has 0 spiro atoms. The molecular weight excluding hydrogens is 306 g/mol. The van der Waals surface area contributed by atoms with E-state index in [0.717, 1.165) is 16.6 Å². The standard InChI is InChI=1S/C18H19N3O3/c1-12-15-6-5-14(23-2)10-16(15)24-17(12)18(22)21-9-8-20-13-4-3-7-19-11-13/h3-7,10-11,20H,8-9H2,1-2H3,(H,21,22). The van der Waals surface area contributed by atoms with Crippen LogP contribution in [-0.4, -0.2) is 31.1 Å². The van der Waals surface area contributed by atoms with E-state index >= 15 is 0 Å². The Labute approximate surface area is 139 Å². The molecule has 0 atom stereocenters. The third-order valence-corrected chi connectivity index (χ3v) is 3.75. The average molecular weight is 325 g/mol. The van der Waals surface area contributed by atoms with E-state index in [1.165, 1.54) is 0 Å². The first-order chi connectivity index (χ1) is 11.7. The van der Waals surface area contributed by atoms with Gasteiger partial charge in [0, 0.05) is 42.5 Å². The number of aromatic nitrogens is 1. The SMILES string of the molecule is COc1ccc2c(C)c(C(=O)NCCNc3cccnc3)oc2c1. The molecule has 24 heavy (non-hydrogen) atoms. The third kappa shape index (κ3) is 3.32. The van der Waals surface area contributed by atoms with E-state index in [9.17, 15) is 4.79 Å². The first kappa shape index (κ1) is 15.9. The van der Waals surface area contributed by atoms with E-state index in [2.05, 4.69) is 15.6 Å². The maximum absolute atomic E-state index is 12.3. The number of rotatable bonds is 6. The molecule has 3 aromatic rings. The maximum atomic E-state index is 12.3. The number of anilines is 1. The summed E-state index contributed by atoms with van der Waals surface area (Å²) in [6, 6.07) is 9.31. The number of hydrogen-bond donors (Lipinski definition) is 2. The van der Waals surface area contributed by atoms with Gasteiger partial charge in [0.1, 0.15) is 11.3 Å². The number of hydrogen-bond acceptors (Lipinski definition) is 5. The van der Waals surface area contributed by atoms with Crippen LogP contribution < -0.4 is 15.4 Å². The Kier molecular flexibility index (Phi) is 4.65. The Bertz CT molecular complexity index is 843. The highest BCUT2D eigenvalue weighted by molar-refractivity contribution is 5.99. The van der Waals surface area contributed by atoms with Gasteiger partial charge >= 0.3 is 0 Å². The Morgan fingerprint density at radius 1 is 1.29 bits per heavy atom. The van der Waals surface area contributed by atoms with Gasteiger partial charge in [-0.1, -0.05) is 0 Å². The van der Waals surface area contributed by atoms with E-state index in [4.69, 9.17) is 9.15 Å². The van der Waals surface area contributed by atoms with Gasteiger partial charge in [-0.15, -0.1) is 0 Å². The molecule has 2 N–H and O–H groups in total. The lowest BCUT2D eigenvalue weighted by Crippen LogP contribution is -2.28. The number of methoxy groups -OCH3 is 1. The number of ether oxygens (including phenoxy) is 1. The predicted octanol–water partition coefficient (Wildman–Crippen LogP) is 2.99. The Morgan fingerprint density at radius 3 is 2.92 bits per heavy atom. The van der Waals surface area contributed by atoms with Crippen molar-refractivity contribution in [2.45, 2.75) is 6.92 Å². The molecule has 3 rings (SSSR count). The summed E-state index contributed by atoms with van der Waals surface area (Å²) in [5.74, 6) is 0.805. The van der Waals surface area contributed by atoms with Crippen molar-refractivity contribution in [3.63, 3.8) is 0 Å². The highest BCUT2D eigenvalue weighted by atomic mass is 16.5. The molecule has 0 aliphatic rings. The summed E-state index contributed by atoms with van der Waals surface area (Å²) in [4.78, 5) is 16.3. The lowest BCUT2D eigenvalue weighted by Gasteiger charge is -2.06. The van der Waals surface area contributed by atoms with Gasteiger partial charge in [0.2, 0.25) is 0 Å². The van der Waals surface area contributed by atoms with Crippen LogP contribution in [0.4, 0.5) is 5.69 Å². The summed E-state index contributed by atoms with van der Waals surface area (Å²) < 4.78 is 10.9. The number of carbonyl (C=O) groups excluding carboxylic acids is 1. The zero-order valence-corrected chi connectivity index (χ0v) is 13.6. The Hall–Kier alpha value is -3.02. The summed E-state index contributed by atoms with van der Waals surface area (Å²) in [7, 11) is 1.60. The molecule has 2 aromatic heterocycles. The minimum Gasteiger partial charge on any atom is -0.497 e. The number of furan rings is 1. The normalized spacial score (nSPS) is 10.6. The summed E-state index contributed by atoms with van der Waals surface area (Å²) in [5, 5.41) is 6.95. The van der Waals surface area contributed by atoms with Crippen molar-refractivity contribution < 1.29 is 13.9 Å². The summed E-state index contributed by atoms with van der Waals surface area (Å²) >= 11 is 0. The van der Waals surface area contributed by atoms with Crippen LogP contribution in [0.2, 0.25) is 0 Å². The van der Waals surface area contributed by atoms with Crippen molar-refractivity contribution >= 4 is 22.6 Å². The van der Waals surface area contributed by atoms with Crippen LogP contribution in [0, 0.1) is 6.92 Å². The smallest absolute Gasteiger partial charge is 0.287 e. The molecule has 0 bridgehead atoms. The van der Waals surface area contributed by atoms with Crippen molar-refractivity contribution in [3.8, 4) is 5.75 Å². The molecule has 124 valence electrons. The van der Waals surface area contributed by atoms with E-state index in [-0.39, 0.29) is 5.91 Å². The predicted molar refractivity (Wildman–Crippen MR) is 92.6 cm³/mol. The number of pyridine rings is 1. The van der Waals surface area contributed by atoms with Crippen LogP contribution in [0.1, 0.15) is 16.1 Å². The topological polar surface area (TPSA) is 76.4 Å². The Balaban J connectivity index is 1.62. The van der Waals surface area contributed by atoms with Gasteiger partial charge in [-0.3, -0.25) is 9.78 Å². The zero-order chi connectivity index (χ0) is 16.9. The van der Waals surface area contributed by atoms with Gasteiger partial charge in [0.05, 0.1) is 12.8 Å². The second-order valence-corrected chi connectivity index (χ2v) is 5.34. The van der Waals surface area contributed by atoms with E-state index < -0.39 is 0 Å². The van der Waals surface area contributed by atoms with Gasteiger partial charge in [-0.25, -0.2) is 0 Å². The second kappa shape index (κ2) is 7.04. The fourth-order valence-electron chi connectivity index (χ4n) is 2.48. The van der Waals surface area contributed by atoms with Gasteiger partial charge in [-0.05, 0) is 31.2 Å². The van der Waals surface area contributed by atoms with Crippen molar-refractivity contribution in [1.29, 1.82) is 0 Å². The Morgan fingerprint density at radius 2 is 2.17 bits per heavy atom.